The van der Waals surface area contributed by atoms with Crippen LogP contribution in [0.1, 0.15) is 24.8 Å². The van der Waals surface area contributed by atoms with Gasteiger partial charge in [0.15, 0.2) is 0 Å². The SMILES string of the molecule is O=C1NCCCCC1Cc1ccc([N+](=O)[O-])c(F)c1. The molecule has 1 aliphatic heterocycles. The van der Waals surface area contributed by atoms with Crippen molar-refractivity contribution < 1.29 is 14.1 Å². The molecule has 0 radical (unpaired) electrons. The largest absolute Gasteiger partial charge is 0.356 e. The van der Waals surface area contributed by atoms with Gasteiger partial charge in [0, 0.05) is 18.5 Å². The van der Waals surface area contributed by atoms with Crippen molar-refractivity contribution in [1.29, 1.82) is 0 Å². The summed E-state index contributed by atoms with van der Waals surface area (Å²) in [5.74, 6) is -1.05. The van der Waals surface area contributed by atoms with Crippen LogP contribution in [-0.4, -0.2) is 17.4 Å². The van der Waals surface area contributed by atoms with Crippen LogP contribution in [0.25, 0.3) is 0 Å². The lowest BCUT2D eigenvalue weighted by Crippen LogP contribution is -2.30. The van der Waals surface area contributed by atoms with Crippen molar-refractivity contribution in [3.05, 3.63) is 39.7 Å². The molecule has 1 saturated heterocycles. The van der Waals surface area contributed by atoms with E-state index in [0.717, 1.165) is 31.4 Å². The number of hydrogen-bond donors (Lipinski definition) is 1. The number of nitrogens with zero attached hydrogens (tertiary/aromatic N) is 1. The first kappa shape index (κ1) is 13.5. The van der Waals surface area contributed by atoms with E-state index in [4.69, 9.17) is 0 Å². The van der Waals surface area contributed by atoms with Gasteiger partial charge < -0.3 is 5.32 Å². The van der Waals surface area contributed by atoms with Crippen LogP contribution in [0.2, 0.25) is 0 Å². The molecule has 102 valence electrons. The van der Waals surface area contributed by atoms with Gasteiger partial charge in [-0.3, -0.25) is 14.9 Å². The van der Waals surface area contributed by atoms with Crippen LogP contribution in [0.5, 0.6) is 0 Å². The molecule has 0 aromatic heterocycles. The first-order valence-corrected chi connectivity index (χ1v) is 6.28. The van der Waals surface area contributed by atoms with Crippen LogP contribution in [0, 0.1) is 21.8 Å². The first-order chi connectivity index (χ1) is 9.08. The zero-order valence-corrected chi connectivity index (χ0v) is 10.4. The Balaban J connectivity index is 2.12. The average Bonchev–Trinajstić information content (AvgIpc) is 2.55. The Morgan fingerprint density at radius 1 is 1.42 bits per heavy atom. The zero-order chi connectivity index (χ0) is 13.8. The lowest BCUT2D eigenvalue weighted by molar-refractivity contribution is -0.387. The molecule has 0 saturated carbocycles. The van der Waals surface area contributed by atoms with Gasteiger partial charge in [0.2, 0.25) is 11.7 Å². The highest BCUT2D eigenvalue weighted by Gasteiger charge is 2.22. The fourth-order valence-electron chi connectivity index (χ4n) is 2.31. The number of hydrogen-bond acceptors (Lipinski definition) is 3. The summed E-state index contributed by atoms with van der Waals surface area (Å²) in [4.78, 5) is 21.5. The normalized spacial score (nSPS) is 19.6. The summed E-state index contributed by atoms with van der Waals surface area (Å²) in [6, 6.07) is 3.81. The van der Waals surface area contributed by atoms with Crippen LogP contribution >= 0.6 is 0 Å². The van der Waals surface area contributed by atoms with Crippen molar-refractivity contribution in [1.82, 2.24) is 5.32 Å². The lowest BCUT2D eigenvalue weighted by Gasteiger charge is -2.12. The molecule has 6 heteroatoms. The second-order valence-corrected chi connectivity index (χ2v) is 4.73. The highest BCUT2D eigenvalue weighted by Crippen LogP contribution is 2.22. The summed E-state index contributed by atoms with van der Waals surface area (Å²) < 4.78 is 13.5. The molecule has 1 heterocycles. The topological polar surface area (TPSA) is 72.2 Å². The summed E-state index contributed by atoms with van der Waals surface area (Å²) in [5.41, 5.74) is 0.0826. The molecular formula is C13H15FN2O3. The molecule has 1 aliphatic rings. The van der Waals surface area contributed by atoms with E-state index in [9.17, 15) is 19.3 Å². The predicted octanol–water partition coefficient (Wildman–Crippen LogP) is 2.19. The maximum atomic E-state index is 13.5. The van der Waals surface area contributed by atoms with Gasteiger partial charge in [0.05, 0.1) is 4.92 Å². The van der Waals surface area contributed by atoms with Crippen molar-refractivity contribution >= 4 is 11.6 Å². The number of benzene rings is 1. The Morgan fingerprint density at radius 3 is 2.89 bits per heavy atom. The molecular weight excluding hydrogens is 251 g/mol. The monoisotopic (exact) mass is 266 g/mol. The third kappa shape index (κ3) is 3.27. The van der Waals surface area contributed by atoms with E-state index in [1.807, 2.05) is 0 Å². The minimum absolute atomic E-state index is 0.0174. The van der Waals surface area contributed by atoms with Gasteiger partial charge in [-0.1, -0.05) is 12.5 Å². The van der Waals surface area contributed by atoms with Gasteiger partial charge >= 0.3 is 5.69 Å². The molecule has 1 amide bonds. The van der Waals surface area contributed by atoms with E-state index in [-0.39, 0.29) is 11.8 Å². The van der Waals surface area contributed by atoms with E-state index < -0.39 is 16.4 Å². The minimum Gasteiger partial charge on any atom is -0.356 e. The Labute approximate surface area is 110 Å². The van der Waals surface area contributed by atoms with E-state index in [1.54, 1.807) is 0 Å². The summed E-state index contributed by atoms with van der Waals surface area (Å²) in [7, 11) is 0. The molecule has 1 aromatic carbocycles. The van der Waals surface area contributed by atoms with Crippen molar-refractivity contribution in [3.63, 3.8) is 0 Å². The second-order valence-electron chi connectivity index (χ2n) is 4.73. The van der Waals surface area contributed by atoms with Gasteiger partial charge in [0.25, 0.3) is 0 Å². The number of nitrogens with one attached hydrogen (secondary N) is 1. The maximum Gasteiger partial charge on any atom is 0.304 e. The Bertz CT molecular complexity index is 505. The number of rotatable bonds is 3. The molecule has 1 fully saturated rings. The molecule has 5 nitrogen and oxygen atoms in total. The molecule has 0 bridgehead atoms. The Hall–Kier alpha value is -1.98. The first-order valence-electron chi connectivity index (χ1n) is 6.28. The number of carbonyl (C=O) groups is 1. The molecule has 0 spiro atoms. The third-order valence-electron chi connectivity index (χ3n) is 3.34. The van der Waals surface area contributed by atoms with E-state index in [1.165, 1.54) is 6.07 Å². The summed E-state index contributed by atoms with van der Waals surface area (Å²) in [6.45, 7) is 0.684. The number of nitro groups is 1. The Kier molecular flexibility index (Phi) is 4.09. The van der Waals surface area contributed by atoms with Gasteiger partial charge in [-0.15, -0.1) is 0 Å². The second kappa shape index (κ2) is 5.77. The van der Waals surface area contributed by atoms with E-state index >= 15 is 0 Å². The number of halogens is 1. The number of carbonyl (C=O) groups excluding carboxylic acids is 1. The van der Waals surface area contributed by atoms with Crippen molar-refractivity contribution in [3.8, 4) is 0 Å². The minimum atomic E-state index is -0.850. The molecule has 1 unspecified atom stereocenters. The van der Waals surface area contributed by atoms with Crippen molar-refractivity contribution in [2.24, 2.45) is 5.92 Å². The van der Waals surface area contributed by atoms with Crippen LogP contribution in [0.15, 0.2) is 18.2 Å². The van der Waals surface area contributed by atoms with Gasteiger partial charge in [-0.05, 0) is 30.9 Å². The quantitative estimate of drug-likeness (QED) is 0.673. The Morgan fingerprint density at radius 2 is 2.21 bits per heavy atom. The smallest absolute Gasteiger partial charge is 0.304 e. The van der Waals surface area contributed by atoms with Gasteiger partial charge in [0.1, 0.15) is 0 Å². The number of amides is 1. The summed E-state index contributed by atoms with van der Waals surface area (Å²) >= 11 is 0. The number of nitro benzene ring substituents is 1. The fraction of sp³-hybridized carbons (Fsp3) is 0.462. The standard InChI is InChI=1S/C13H15FN2O3/c14-11-8-9(4-5-12(11)16(18)19)7-10-3-1-2-6-15-13(10)17/h4-5,8,10H,1-3,6-7H2,(H,15,17). The van der Waals surface area contributed by atoms with Crippen molar-refractivity contribution in [2.45, 2.75) is 25.7 Å². The van der Waals surface area contributed by atoms with Crippen LogP contribution < -0.4 is 5.32 Å². The van der Waals surface area contributed by atoms with Gasteiger partial charge in [-0.2, -0.15) is 4.39 Å². The van der Waals surface area contributed by atoms with Gasteiger partial charge in [-0.25, -0.2) is 0 Å². The van der Waals surface area contributed by atoms with Crippen molar-refractivity contribution in [2.75, 3.05) is 6.54 Å². The fourth-order valence-corrected chi connectivity index (χ4v) is 2.31. The van der Waals surface area contributed by atoms with E-state index in [0.29, 0.717) is 18.5 Å². The highest BCUT2D eigenvalue weighted by molar-refractivity contribution is 5.79. The zero-order valence-electron chi connectivity index (χ0n) is 10.4. The molecule has 1 N–H and O–H groups in total. The van der Waals surface area contributed by atoms with Crippen LogP contribution in [0.3, 0.4) is 0 Å². The molecule has 2 rings (SSSR count). The molecule has 1 atom stereocenters. The van der Waals surface area contributed by atoms with Crippen LogP contribution in [-0.2, 0) is 11.2 Å². The summed E-state index contributed by atoms with van der Waals surface area (Å²) in [6.07, 6.45) is 3.10. The highest BCUT2D eigenvalue weighted by atomic mass is 19.1. The third-order valence-corrected chi connectivity index (χ3v) is 3.34. The maximum absolute atomic E-state index is 13.5. The molecule has 19 heavy (non-hydrogen) atoms. The molecule has 0 aliphatic carbocycles. The summed E-state index contributed by atoms with van der Waals surface area (Å²) in [5, 5.41) is 13.3. The predicted molar refractivity (Wildman–Crippen MR) is 67.1 cm³/mol. The molecule has 1 aromatic rings. The van der Waals surface area contributed by atoms with E-state index in [2.05, 4.69) is 5.32 Å². The lowest BCUT2D eigenvalue weighted by atomic mass is 9.94. The van der Waals surface area contributed by atoms with Crippen LogP contribution in [0.4, 0.5) is 10.1 Å². The average molecular weight is 266 g/mol.